The number of esters is 1. The lowest BCUT2D eigenvalue weighted by Crippen LogP contribution is -2.24. The van der Waals surface area contributed by atoms with Crippen molar-refractivity contribution in [3.8, 4) is 5.75 Å². The van der Waals surface area contributed by atoms with E-state index in [1.165, 1.54) is 30.3 Å². The van der Waals surface area contributed by atoms with Crippen LogP contribution in [0.4, 0.5) is 15.8 Å². The van der Waals surface area contributed by atoms with Crippen LogP contribution in [0.5, 0.6) is 5.75 Å². The van der Waals surface area contributed by atoms with Gasteiger partial charge in [0.25, 0.3) is 11.6 Å². The number of nitrogens with zero attached hydrogens (tertiary/aromatic N) is 1. The first-order valence-corrected chi connectivity index (χ1v) is 7.51. The molecule has 0 atom stereocenters. The largest absolute Gasteiger partial charge is 0.479 e. The molecule has 0 aromatic heterocycles. The molecule has 1 N–H and O–H groups in total. The molecule has 0 unspecified atom stereocenters. The van der Waals surface area contributed by atoms with Crippen molar-refractivity contribution >= 4 is 34.9 Å². The molecule has 8 nitrogen and oxygen atoms in total. The zero-order chi connectivity index (χ0) is 19.1. The molecule has 0 fully saturated rings. The minimum Gasteiger partial charge on any atom is -0.479 e. The number of amides is 1. The highest BCUT2D eigenvalue weighted by atomic mass is 35.5. The van der Waals surface area contributed by atoms with Crippen LogP contribution in [0, 0.1) is 15.9 Å². The van der Waals surface area contributed by atoms with Crippen molar-refractivity contribution in [3.05, 3.63) is 63.4 Å². The number of halogens is 2. The zero-order valence-electron chi connectivity index (χ0n) is 13.1. The van der Waals surface area contributed by atoms with Gasteiger partial charge in [0, 0.05) is 11.1 Å². The fraction of sp³-hybridized carbons (Fsp3) is 0.125. The van der Waals surface area contributed by atoms with Gasteiger partial charge < -0.3 is 14.8 Å². The Labute approximate surface area is 151 Å². The van der Waals surface area contributed by atoms with Gasteiger partial charge in [0.05, 0.1) is 4.92 Å². The number of anilines is 1. The Bertz CT molecular complexity index is 845. The monoisotopic (exact) mass is 382 g/mol. The van der Waals surface area contributed by atoms with E-state index in [-0.39, 0.29) is 22.1 Å². The molecule has 0 saturated carbocycles. The number of hydrogen-bond donors (Lipinski definition) is 1. The van der Waals surface area contributed by atoms with Crippen molar-refractivity contribution < 1.29 is 28.4 Å². The molecule has 0 saturated heterocycles. The van der Waals surface area contributed by atoms with Gasteiger partial charge in [-0.1, -0.05) is 23.7 Å². The topological polar surface area (TPSA) is 108 Å². The molecule has 0 aliphatic rings. The van der Waals surface area contributed by atoms with E-state index in [1.54, 1.807) is 0 Å². The average molecular weight is 383 g/mol. The second-order valence-electron chi connectivity index (χ2n) is 4.85. The van der Waals surface area contributed by atoms with Crippen LogP contribution >= 0.6 is 11.6 Å². The third-order valence-electron chi connectivity index (χ3n) is 2.98. The Balaban J connectivity index is 1.85. The SMILES string of the molecule is O=C(COC(=O)COc1ccccc1F)Nc1cc(Cl)ccc1[N+](=O)[O-]. The molecular formula is C16H12ClFN2O6. The number of nitrogens with one attached hydrogen (secondary N) is 1. The molecule has 26 heavy (non-hydrogen) atoms. The maximum absolute atomic E-state index is 13.3. The summed E-state index contributed by atoms with van der Waals surface area (Å²) in [5.74, 6) is -2.51. The molecule has 0 spiro atoms. The normalized spacial score (nSPS) is 10.1. The van der Waals surface area contributed by atoms with Crippen molar-refractivity contribution in [1.82, 2.24) is 0 Å². The van der Waals surface area contributed by atoms with E-state index in [0.29, 0.717) is 0 Å². The van der Waals surface area contributed by atoms with Gasteiger partial charge in [-0.3, -0.25) is 14.9 Å². The highest BCUT2D eigenvalue weighted by Gasteiger charge is 2.17. The van der Waals surface area contributed by atoms with Crippen molar-refractivity contribution in [1.29, 1.82) is 0 Å². The lowest BCUT2D eigenvalue weighted by molar-refractivity contribution is -0.383. The summed E-state index contributed by atoms with van der Waals surface area (Å²) in [6, 6.07) is 9.09. The summed E-state index contributed by atoms with van der Waals surface area (Å²) in [5.41, 5.74) is -0.497. The maximum atomic E-state index is 13.3. The molecule has 136 valence electrons. The minimum atomic E-state index is -0.913. The number of nitro benzene ring substituents is 1. The molecule has 2 aromatic rings. The van der Waals surface area contributed by atoms with Gasteiger partial charge in [-0.25, -0.2) is 9.18 Å². The number of carbonyl (C=O) groups is 2. The summed E-state index contributed by atoms with van der Waals surface area (Å²) in [6.45, 7) is -1.31. The van der Waals surface area contributed by atoms with Crippen LogP contribution in [0.25, 0.3) is 0 Å². The van der Waals surface area contributed by atoms with Crippen LogP contribution in [-0.2, 0) is 14.3 Å². The molecule has 0 aliphatic carbocycles. The van der Waals surface area contributed by atoms with Crippen molar-refractivity contribution in [2.24, 2.45) is 0 Å². The summed E-state index contributed by atoms with van der Waals surface area (Å²) in [5, 5.41) is 13.3. The molecule has 0 aliphatic heterocycles. The molecule has 2 rings (SSSR count). The number of hydrogen-bond acceptors (Lipinski definition) is 6. The van der Waals surface area contributed by atoms with Crippen LogP contribution in [0.2, 0.25) is 5.02 Å². The maximum Gasteiger partial charge on any atom is 0.344 e. The molecule has 0 heterocycles. The molecule has 2 aromatic carbocycles. The zero-order valence-corrected chi connectivity index (χ0v) is 13.9. The van der Waals surface area contributed by atoms with Gasteiger partial charge in [-0.05, 0) is 24.3 Å². The van der Waals surface area contributed by atoms with Gasteiger partial charge in [-0.15, -0.1) is 0 Å². The summed E-state index contributed by atoms with van der Waals surface area (Å²) in [4.78, 5) is 33.5. The van der Waals surface area contributed by atoms with Crippen LogP contribution < -0.4 is 10.1 Å². The van der Waals surface area contributed by atoms with Crippen molar-refractivity contribution in [2.75, 3.05) is 18.5 Å². The van der Waals surface area contributed by atoms with E-state index in [0.717, 1.165) is 12.1 Å². The predicted molar refractivity (Wildman–Crippen MR) is 89.6 cm³/mol. The summed E-state index contributed by atoms with van der Waals surface area (Å²) >= 11 is 5.74. The first kappa shape index (κ1) is 19.1. The van der Waals surface area contributed by atoms with Gasteiger partial charge in [0.1, 0.15) is 5.69 Å². The first-order valence-electron chi connectivity index (χ1n) is 7.13. The first-order chi connectivity index (χ1) is 12.4. The van der Waals surface area contributed by atoms with E-state index >= 15 is 0 Å². The van der Waals surface area contributed by atoms with Crippen molar-refractivity contribution in [3.63, 3.8) is 0 Å². The second-order valence-corrected chi connectivity index (χ2v) is 5.28. The third-order valence-corrected chi connectivity index (χ3v) is 3.21. The van der Waals surface area contributed by atoms with E-state index in [4.69, 9.17) is 16.3 Å². The van der Waals surface area contributed by atoms with Gasteiger partial charge in [-0.2, -0.15) is 0 Å². The van der Waals surface area contributed by atoms with Crippen LogP contribution in [0.15, 0.2) is 42.5 Å². The highest BCUT2D eigenvalue weighted by Crippen LogP contribution is 2.27. The number of benzene rings is 2. The predicted octanol–water partition coefficient (Wildman–Crippen LogP) is 2.95. The number of ether oxygens (including phenoxy) is 2. The van der Waals surface area contributed by atoms with E-state index in [9.17, 15) is 24.1 Å². The molecule has 10 heteroatoms. The van der Waals surface area contributed by atoms with Crippen LogP contribution in [0.3, 0.4) is 0 Å². The lowest BCUT2D eigenvalue weighted by atomic mass is 10.2. The van der Waals surface area contributed by atoms with E-state index in [2.05, 4.69) is 10.1 Å². The van der Waals surface area contributed by atoms with Crippen LogP contribution in [-0.4, -0.2) is 30.0 Å². The Morgan fingerprint density at radius 2 is 1.92 bits per heavy atom. The van der Waals surface area contributed by atoms with Gasteiger partial charge in [0.2, 0.25) is 0 Å². The molecule has 0 radical (unpaired) electrons. The van der Waals surface area contributed by atoms with E-state index in [1.807, 2.05) is 0 Å². The number of rotatable bonds is 7. The Morgan fingerprint density at radius 1 is 1.19 bits per heavy atom. The number of nitro groups is 1. The summed E-state index contributed by atoms with van der Waals surface area (Å²) in [6.07, 6.45) is 0. The quantitative estimate of drug-likeness (QED) is 0.448. The summed E-state index contributed by atoms with van der Waals surface area (Å²) in [7, 11) is 0. The minimum absolute atomic E-state index is 0.133. The number of para-hydroxylation sites is 1. The van der Waals surface area contributed by atoms with Gasteiger partial charge in [0.15, 0.2) is 24.8 Å². The van der Waals surface area contributed by atoms with Crippen LogP contribution in [0.1, 0.15) is 0 Å². The summed E-state index contributed by atoms with van der Waals surface area (Å²) < 4.78 is 22.9. The Kier molecular flexibility index (Phi) is 6.45. The standard InChI is InChI=1S/C16H12ClFN2O6/c17-10-5-6-13(20(23)24)12(7-10)19-15(21)8-26-16(22)9-25-14-4-2-1-3-11(14)18/h1-7H,8-9H2,(H,19,21). The highest BCUT2D eigenvalue weighted by molar-refractivity contribution is 6.31. The van der Waals surface area contributed by atoms with Crippen molar-refractivity contribution in [2.45, 2.75) is 0 Å². The molecule has 1 amide bonds. The number of carbonyl (C=O) groups excluding carboxylic acids is 2. The van der Waals surface area contributed by atoms with Gasteiger partial charge >= 0.3 is 5.97 Å². The smallest absolute Gasteiger partial charge is 0.344 e. The Morgan fingerprint density at radius 3 is 2.62 bits per heavy atom. The fourth-order valence-corrected chi connectivity index (χ4v) is 2.01. The molecule has 0 bridgehead atoms. The second kappa shape index (κ2) is 8.77. The third kappa shape index (κ3) is 5.42. The average Bonchev–Trinajstić information content (AvgIpc) is 2.59. The fourth-order valence-electron chi connectivity index (χ4n) is 1.84. The lowest BCUT2D eigenvalue weighted by Gasteiger charge is -2.09. The van der Waals surface area contributed by atoms with E-state index < -0.39 is 35.8 Å². The molecular weight excluding hydrogens is 371 g/mol. The Hall–Kier alpha value is -3.20.